The molecule has 108 valence electrons. The van der Waals surface area contributed by atoms with Crippen molar-refractivity contribution in [3.05, 3.63) is 11.1 Å². The van der Waals surface area contributed by atoms with Crippen LogP contribution in [0.2, 0.25) is 0 Å². The molecule has 0 radical (unpaired) electrons. The Balaban J connectivity index is 2.42. The molecule has 0 saturated heterocycles. The van der Waals surface area contributed by atoms with Gasteiger partial charge in [-0.2, -0.15) is 0 Å². The molecule has 1 aromatic rings. The largest absolute Gasteiger partial charge is 0.466 e. The standard InChI is InChI=1S/C14H24N2O2S/c1-5-10(3)11(4)15-14-16-12(9-19-14)7-8-13(17)18-6-2/h9-11H,5-8H2,1-4H3,(H,15,16). The number of carbonyl (C=O) groups is 1. The Kier molecular flexibility index (Phi) is 6.84. The number of hydrogen-bond donors (Lipinski definition) is 1. The zero-order valence-corrected chi connectivity index (χ0v) is 13.0. The fraction of sp³-hybridized carbons (Fsp3) is 0.714. The molecule has 2 unspecified atom stereocenters. The lowest BCUT2D eigenvalue weighted by Crippen LogP contribution is -2.23. The van der Waals surface area contributed by atoms with E-state index in [-0.39, 0.29) is 5.97 Å². The summed E-state index contributed by atoms with van der Waals surface area (Å²) in [7, 11) is 0. The van der Waals surface area contributed by atoms with Crippen LogP contribution >= 0.6 is 11.3 Å². The van der Waals surface area contributed by atoms with E-state index in [1.54, 1.807) is 11.3 Å². The molecule has 0 fully saturated rings. The van der Waals surface area contributed by atoms with E-state index in [9.17, 15) is 4.79 Å². The molecule has 0 aromatic carbocycles. The first kappa shape index (κ1) is 16.0. The van der Waals surface area contributed by atoms with Gasteiger partial charge in [-0.05, 0) is 19.8 Å². The third kappa shape index (κ3) is 5.59. The van der Waals surface area contributed by atoms with Crippen molar-refractivity contribution < 1.29 is 9.53 Å². The SMILES string of the molecule is CCOC(=O)CCc1csc(NC(C)C(C)CC)n1. The summed E-state index contributed by atoms with van der Waals surface area (Å²) in [5.41, 5.74) is 0.955. The molecule has 0 aliphatic carbocycles. The van der Waals surface area contributed by atoms with Gasteiger partial charge in [0, 0.05) is 17.8 Å². The molecule has 1 N–H and O–H groups in total. The summed E-state index contributed by atoms with van der Waals surface area (Å²) in [4.78, 5) is 15.8. The molecule has 0 bridgehead atoms. The van der Waals surface area contributed by atoms with E-state index in [0.717, 1.165) is 17.2 Å². The van der Waals surface area contributed by atoms with Crippen LogP contribution < -0.4 is 5.32 Å². The van der Waals surface area contributed by atoms with Gasteiger partial charge in [-0.25, -0.2) is 4.98 Å². The molecule has 1 aromatic heterocycles. The maximum Gasteiger partial charge on any atom is 0.306 e. The maximum absolute atomic E-state index is 11.3. The summed E-state index contributed by atoms with van der Waals surface area (Å²) in [5.74, 6) is 0.463. The van der Waals surface area contributed by atoms with Crippen molar-refractivity contribution in [2.75, 3.05) is 11.9 Å². The number of hydrogen-bond acceptors (Lipinski definition) is 5. The van der Waals surface area contributed by atoms with Gasteiger partial charge >= 0.3 is 5.97 Å². The number of ether oxygens (including phenoxy) is 1. The van der Waals surface area contributed by atoms with Crippen LogP contribution in [0.3, 0.4) is 0 Å². The predicted molar refractivity (Wildman–Crippen MR) is 79.6 cm³/mol. The number of rotatable bonds is 8. The fourth-order valence-corrected chi connectivity index (χ4v) is 2.48. The lowest BCUT2D eigenvalue weighted by atomic mass is 10.0. The fourth-order valence-electron chi connectivity index (χ4n) is 1.64. The second-order valence-corrected chi connectivity index (χ2v) is 5.63. The van der Waals surface area contributed by atoms with Crippen LogP contribution in [-0.4, -0.2) is 23.6 Å². The van der Waals surface area contributed by atoms with Crippen molar-refractivity contribution in [1.29, 1.82) is 0 Å². The van der Waals surface area contributed by atoms with E-state index >= 15 is 0 Å². The lowest BCUT2D eigenvalue weighted by molar-refractivity contribution is -0.143. The van der Waals surface area contributed by atoms with Gasteiger partial charge in [0.25, 0.3) is 0 Å². The van der Waals surface area contributed by atoms with Crippen LogP contribution in [0.15, 0.2) is 5.38 Å². The molecule has 0 saturated carbocycles. The lowest BCUT2D eigenvalue weighted by Gasteiger charge is -2.18. The number of nitrogens with zero attached hydrogens (tertiary/aromatic N) is 1. The van der Waals surface area contributed by atoms with E-state index in [1.165, 1.54) is 0 Å². The van der Waals surface area contributed by atoms with Crippen LogP contribution in [0.5, 0.6) is 0 Å². The average Bonchev–Trinajstić information content (AvgIpc) is 2.83. The molecule has 19 heavy (non-hydrogen) atoms. The smallest absolute Gasteiger partial charge is 0.306 e. The van der Waals surface area contributed by atoms with Crippen LogP contribution in [0.25, 0.3) is 0 Å². The Hall–Kier alpha value is -1.10. The summed E-state index contributed by atoms with van der Waals surface area (Å²) in [6.07, 6.45) is 2.20. The van der Waals surface area contributed by atoms with Crippen molar-refractivity contribution in [2.45, 2.75) is 53.0 Å². The second-order valence-electron chi connectivity index (χ2n) is 4.77. The van der Waals surface area contributed by atoms with Crippen LogP contribution in [0, 0.1) is 5.92 Å². The molecule has 4 nitrogen and oxygen atoms in total. The average molecular weight is 284 g/mol. The first-order valence-corrected chi connectivity index (χ1v) is 7.81. The van der Waals surface area contributed by atoms with E-state index in [0.29, 0.717) is 31.4 Å². The third-order valence-electron chi connectivity index (χ3n) is 3.29. The van der Waals surface area contributed by atoms with Crippen LogP contribution in [-0.2, 0) is 16.0 Å². The Bertz CT molecular complexity index is 393. The number of esters is 1. The summed E-state index contributed by atoms with van der Waals surface area (Å²) in [6, 6.07) is 0.411. The normalized spacial score (nSPS) is 13.9. The summed E-state index contributed by atoms with van der Waals surface area (Å²) >= 11 is 1.60. The highest BCUT2D eigenvalue weighted by Gasteiger charge is 2.12. The van der Waals surface area contributed by atoms with Crippen molar-refractivity contribution in [3.8, 4) is 0 Å². The molecule has 5 heteroatoms. The minimum absolute atomic E-state index is 0.155. The molecule has 1 heterocycles. The highest BCUT2D eigenvalue weighted by Crippen LogP contribution is 2.20. The molecule has 1 rings (SSSR count). The monoisotopic (exact) mass is 284 g/mol. The van der Waals surface area contributed by atoms with Crippen LogP contribution in [0.1, 0.15) is 46.2 Å². The number of anilines is 1. The van der Waals surface area contributed by atoms with Gasteiger partial charge in [0.1, 0.15) is 0 Å². The Morgan fingerprint density at radius 2 is 2.21 bits per heavy atom. The number of thiazole rings is 1. The van der Waals surface area contributed by atoms with Gasteiger partial charge in [0.15, 0.2) is 5.13 Å². The molecule has 0 amide bonds. The van der Waals surface area contributed by atoms with Gasteiger partial charge in [0.05, 0.1) is 18.7 Å². The first-order valence-electron chi connectivity index (χ1n) is 6.93. The molecule has 2 atom stereocenters. The van der Waals surface area contributed by atoms with Crippen LogP contribution in [0.4, 0.5) is 5.13 Å². The predicted octanol–water partition coefficient (Wildman–Crippen LogP) is 3.49. The number of carbonyl (C=O) groups excluding carboxylic acids is 1. The molecule has 0 aliphatic rings. The van der Waals surface area contributed by atoms with Gasteiger partial charge < -0.3 is 10.1 Å². The third-order valence-corrected chi connectivity index (χ3v) is 4.11. The summed E-state index contributed by atoms with van der Waals surface area (Å²) in [5, 5.41) is 6.36. The highest BCUT2D eigenvalue weighted by molar-refractivity contribution is 7.13. The maximum atomic E-state index is 11.3. The number of aryl methyl sites for hydroxylation is 1. The number of aromatic nitrogens is 1. The molecule has 0 spiro atoms. The van der Waals surface area contributed by atoms with Crippen molar-refractivity contribution in [3.63, 3.8) is 0 Å². The highest BCUT2D eigenvalue weighted by atomic mass is 32.1. The summed E-state index contributed by atoms with van der Waals surface area (Å²) in [6.45, 7) is 8.85. The Morgan fingerprint density at radius 3 is 2.84 bits per heavy atom. The van der Waals surface area contributed by atoms with Crippen molar-refractivity contribution in [1.82, 2.24) is 4.98 Å². The topological polar surface area (TPSA) is 51.2 Å². The quantitative estimate of drug-likeness (QED) is 0.742. The van der Waals surface area contributed by atoms with E-state index in [4.69, 9.17) is 4.74 Å². The van der Waals surface area contributed by atoms with E-state index < -0.39 is 0 Å². The molecular weight excluding hydrogens is 260 g/mol. The van der Waals surface area contributed by atoms with Gasteiger partial charge in [-0.15, -0.1) is 11.3 Å². The minimum atomic E-state index is -0.155. The number of nitrogens with one attached hydrogen (secondary N) is 1. The van der Waals surface area contributed by atoms with Gasteiger partial charge in [-0.1, -0.05) is 20.3 Å². The van der Waals surface area contributed by atoms with Gasteiger partial charge in [0.2, 0.25) is 0 Å². The summed E-state index contributed by atoms with van der Waals surface area (Å²) < 4.78 is 4.90. The van der Waals surface area contributed by atoms with E-state index in [1.807, 2.05) is 12.3 Å². The molecular formula is C14H24N2O2S. The van der Waals surface area contributed by atoms with Crippen molar-refractivity contribution >= 4 is 22.4 Å². The molecule has 0 aliphatic heterocycles. The first-order chi connectivity index (χ1) is 9.06. The zero-order valence-electron chi connectivity index (χ0n) is 12.2. The minimum Gasteiger partial charge on any atom is -0.466 e. The Morgan fingerprint density at radius 1 is 1.47 bits per heavy atom. The van der Waals surface area contributed by atoms with E-state index in [2.05, 4.69) is 31.1 Å². The van der Waals surface area contributed by atoms with Crippen molar-refractivity contribution in [2.24, 2.45) is 5.92 Å². The van der Waals surface area contributed by atoms with Gasteiger partial charge in [-0.3, -0.25) is 4.79 Å². The second kappa shape index (κ2) is 8.15. The Labute approximate surface area is 119 Å². The zero-order chi connectivity index (χ0) is 14.3.